The van der Waals surface area contributed by atoms with Crippen molar-refractivity contribution < 1.29 is 9.47 Å². The zero-order chi connectivity index (χ0) is 14.7. The van der Waals surface area contributed by atoms with Gasteiger partial charge in [0.2, 0.25) is 0 Å². The van der Waals surface area contributed by atoms with Crippen LogP contribution < -0.4 is 15.2 Å². The molecule has 110 valence electrons. The van der Waals surface area contributed by atoms with Crippen molar-refractivity contribution in [1.29, 1.82) is 0 Å². The Labute approximate surface area is 133 Å². The maximum Gasteiger partial charge on any atom is 0.122 e. The summed E-state index contributed by atoms with van der Waals surface area (Å²) < 4.78 is 12.6. The van der Waals surface area contributed by atoms with Crippen LogP contribution in [0, 0.1) is 0 Å². The number of benzene rings is 2. The van der Waals surface area contributed by atoms with Gasteiger partial charge in [0.15, 0.2) is 0 Å². The standard InChI is InChI=1S/C17H18BrNO2/c18-14-5-3-6-15(10-14)20-9-8-17(19)11-13-4-1-2-7-16(13)21-12-17/h1-7,10H,8-9,11-12,19H2. The van der Waals surface area contributed by atoms with E-state index in [2.05, 4.69) is 22.0 Å². The van der Waals surface area contributed by atoms with Gasteiger partial charge < -0.3 is 15.2 Å². The SMILES string of the molecule is NC1(CCOc2cccc(Br)c2)COc2ccccc2C1. The van der Waals surface area contributed by atoms with E-state index in [1.165, 1.54) is 5.56 Å². The average Bonchev–Trinajstić information content (AvgIpc) is 2.47. The fraction of sp³-hybridized carbons (Fsp3) is 0.294. The Hall–Kier alpha value is -1.52. The lowest BCUT2D eigenvalue weighted by atomic mass is 9.87. The van der Waals surface area contributed by atoms with Crippen LogP contribution in [-0.4, -0.2) is 18.8 Å². The molecule has 0 radical (unpaired) electrons. The van der Waals surface area contributed by atoms with Gasteiger partial charge in [-0.25, -0.2) is 0 Å². The molecular formula is C17H18BrNO2. The monoisotopic (exact) mass is 347 g/mol. The van der Waals surface area contributed by atoms with Crippen LogP contribution in [0.3, 0.4) is 0 Å². The minimum atomic E-state index is -0.361. The molecule has 0 spiro atoms. The lowest BCUT2D eigenvalue weighted by Crippen LogP contribution is -2.50. The van der Waals surface area contributed by atoms with Crippen molar-refractivity contribution in [3.05, 3.63) is 58.6 Å². The van der Waals surface area contributed by atoms with Gasteiger partial charge >= 0.3 is 0 Å². The molecule has 1 atom stereocenters. The largest absolute Gasteiger partial charge is 0.493 e. The molecule has 0 bridgehead atoms. The Kier molecular flexibility index (Phi) is 4.17. The van der Waals surface area contributed by atoms with E-state index in [-0.39, 0.29) is 5.54 Å². The van der Waals surface area contributed by atoms with E-state index in [1.54, 1.807) is 0 Å². The molecule has 0 fully saturated rings. The molecule has 2 aromatic rings. The molecule has 0 aromatic heterocycles. The number of hydrogen-bond acceptors (Lipinski definition) is 3. The van der Waals surface area contributed by atoms with Crippen molar-refractivity contribution in [2.45, 2.75) is 18.4 Å². The molecule has 2 aromatic carbocycles. The number of hydrogen-bond donors (Lipinski definition) is 1. The first-order chi connectivity index (χ1) is 10.1. The molecule has 2 N–H and O–H groups in total. The summed E-state index contributed by atoms with van der Waals surface area (Å²) in [6.45, 7) is 1.12. The van der Waals surface area contributed by atoms with E-state index in [0.29, 0.717) is 13.2 Å². The first kappa shape index (κ1) is 14.4. The number of halogens is 1. The summed E-state index contributed by atoms with van der Waals surface area (Å²) in [6.07, 6.45) is 1.58. The Morgan fingerprint density at radius 3 is 2.90 bits per heavy atom. The number of ether oxygens (including phenoxy) is 2. The third kappa shape index (κ3) is 3.57. The van der Waals surface area contributed by atoms with Crippen molar-refractivity contribution in [1.82, 2.24) is 0 Å². The fourth-order valence-corrected chi connectivity index (χ4v) is 2.91. The molecule has 1 unspecified atom stereocenters. The lowest BCUT2D eigenvalue weighted by Gasteiger charge is -2.34. The highest BCUT2D eigenvalue weighted by molar-refractivity contribution is 9.10. The van der Waals surface area contributed by atoms with Crippen LogP contribution in [0.15, 0.2) is 53.0 Å². The highest BCUT2D eigenvalue weighted by atomic mass is 79.9. The summed E-state index contributed by atoms with van der Waals surface area (Å²) in [5.41, 5.74) is 7.27. The number of fused-ring (bicyclic) bond motifs is 1. The summed E-state index contributed by atoms with van der Waals surface area (Å²) in [4.78, 5) is 0. The van der Waals surface area contributed by atoms with Gasteiger partial charge in [0, 0.05) is 10.9 Å². The molecule has 0 amide bonds. The molecule has 1 heterocycles. The molecule has 0 saturated heterocycles. The molecule has 0 aliphatic carbocycles. The first-order valence-electron chi connectivity index (χ1n) is 7.03. The minimum absolute atomic E-state index is 0.361. The van der Waals surface area contributed by atoms with Gasteiger partial charge in [-0.3, -0.25) is 0 Å². The maximum absolute atomic E-state index is 6.45. The molecule has 3 nitrogen and oxygen atoms in total. The van der Waals surface area contributed by atoms with Crippen LogP contribution in [0.25, 0.3) is 0 Å². The third-order valence-electron chi connectivity index (χ3n) is 3.70. The van der Waals surface area contributed by atoms with Crippen molar-refractivity contribution in [2.24, 2.45) is 5.73 Å². The summed E-state index contributed by atoms with van der Waals surface area (Å²) in [5.74, 6) is 1.80. The van der Waals surface area contributed by atoms with Gasteiger partial charge in [0.1, 0.15) is 18.1 Å². The summed E-state index contributed by atoms with van der Waals surface area (Å²) in [7, 11) is 0. The predicted molar refractivity (Wildman–Crippen MR) is 86.8 cm³/mol. The summed E-state index contributed by atoms with van der Waals surface area (Å²) in [6, 6.07) is 15.9. The molecular weight excluding hydrogens is 330 g/mol. The quantitative estimate of drug-likeness (QED) is 0.919. The van der Waals surface area contributed by atoms with Crippen LogP contribution in [-0.2, 0) is 6.42 Å². The third-order valence-corrected chi connectivity index (χ3v) is 4.19. The molecule has 21 heavy (non-hydrogen) atoms. The fourth-order valence-electron chi connectivity index (χ4n) is 2.53. The second-order valence-corrected chi connectivity index (χ2v) is 6.41. The second-order valence-electron chi connectivity index (χ2n) is 5.49. The Morgan fingerprint density at radius 1 is 1.19 bits per heavy atom. The van der Waals surface area contributed by atoms with Gasteiger partial charge in [0.25, 0.3) is 0 Å². The van der Waals surface area contributed by atoms with E-state index >= 15 is 0 Å². The summed E-state index contributed by atoms with van der Waals surface area (Å²) in [5, 5.41) is 0. The maximum atomic E-state index is 6.45. The van der Waals surface area contributed by atoms with Gasteiger partial charge in [0.05, 0.1) is 12.1 Å². The van der Waals surface area contributed by atoms with Crippen molar-refractivity contribution in [2.75, 3.05) is 13.2 Å². The van der Waals surface area contributed by atoms with Gasteiger partial charge in [-0.15, -0.1) is 0 Å². The highest BCUT2D eigenvalue weighted by Crippen LogP contribution is 2.29. The molecule has 3 rings (SSSR count). The molecule has 4 heteroatoms. The Morgan fingerprint density at radius 2 is 2.05 bits per heavy atom. The van der Waals surface area contributed by atoms with E-state index in [0.717, 1.165) is 28.8 Å². The average molecular weight is 348 g/mol. The Balaban J connectivity index is 1.58. The van der Waals surface area contributed by atoms with E-state index in [9.17, 15) is 0 Å². The second kappa shape index (κ2) is 6.08. The Bertz CT molecular complexity index is 632. The topological polar surface area (TPSA) is 44.5 Å². The van der Waals surface area contributed by atoms with Crippen molar-refractivity contribution >= 4 is 15.9 Å². The molecule has 1 aliphatic heterocycles. The van der Waals surface area contributed by atoms with Crippen molar-refractivity contribution in [3.63, 3.8) is 0 Å². The smallest absolute Gasteiger partial charge is 0.122 e. The van der Waals surface area contributed by atoms with Crippen LogP contribution in [0.1, 0.15) is 12.0 Å². The van der Waals surface area contributed by atoms with Gasteiger partial charge in [-0.05, 0) is 36.2 Å². The molecule has 1 aliphatic rings. The van der Waals surface area contributed by atoms with Crippen LogP contribution in [0.5, 0.6) is 11.5 Å². The zero-order valence-electron chi connectivity index (χ0n) is 11.7. The van der Waals surface area contributed by atoms with E-state index in [1.807, 2.05) is 42.5 Å². The van der Waals surface area contributed by atoms with Crippen LogP contribution in [0.2, 0.25) is 0 Å². The highest BCUT2D eigenvalue weighted by Gasteiger charge is 2.31. The van der Waals surface area contributed by atoms with Crippen molar-refractivity contribution in [3.8, 4) is 11.5 Å². The van der Waals surface area contributed by atoms with E-state index in [4.69, 9.17) is 15.2 Å². The zero-order valence-corrected chi connectivity index (χ0v) is 13.3. The normalized spacial score (nSPS) is 20.5. The lowest BCUT2D eigenvalue weighted by molar-refractivity contribution is 0.158. The number of para-hydroxylation sites is 1. The van der Waals surface area contributed by atoms with Crippen LogP contribution in [0.4, 0.5) is 0 Å². The van der Waals surface area contributed by atoms with Gasteiger partial charge in [-0.1, -0.05) is 40.2 Å². The number of rotatable bonds is 4. The van der Waals surface area contributed by atoms with Gasteiger partial charge in [-0.2, -0.15) is 0 Å². The minimum Gasteiger partial charge on any atom is -0.493 e. The summed E-state index contributed by atoms with van der Waals surface area (Å²) >= 11 is 3.43. The molecule has 0 saturated carbocycles. The van der Waals surface area contributed by atoms with Crippen LogP contribution >= 0.6 is 15.9 Å². The number of nitrogens with two attached hydrogens (primary N) is 1. The predicted octanol–water partition coefficient (Wildman–Crippen LogP) is 3.55. The first-order valence-corrected chi connectivity index (χ1v) is 7.82. The van der Waals surface area contributed by atoms with E-state index < -0.39 is 0 Å².